The van der Waals surface area contributed by atoms with Crippen LogP contribution in [0.25, 0.3) is 22.4 Å². The number of nitrogens with one attached hydrogen (secondary N) is 3. The summed E-state index contributed by atoms with van der Waals surface area (Å²) in [7, 11) is 0. The van der Waals surface area contributed by atoms with Gasteiger partial charge in [0.1, 0.15) is 11.6 Å². The van der Waals surface area contributed by atoms with Crippen LogP contribution in [-0.4, -0.2) is 27.6 Å². The van der Waals surface area contributed by atoms with E-state index in [0.717, 1.165) is 16.6 Å². The second kappa shape index (κ2) is 10.0. The average molecular weight is 479 g/mol. The van der Waals surface area contributed by atoms with Crippen LogP contribution in [-0.2, 0) is 0 Å². The second-order valence-electron chi connectivity index (χ2n) is 7.94. The first-order valence-electron chi connectivity index (χ1n) is 10.5. The van der Waals surface area contributed by atoms with Gasteiger partial charge in [-0.3, -0.25) is 10.1 Å². The standard InChI is InChI=1S/C25H23ClN4O2S/c1-15(2)14-32-18-7-5-6-16(12-18)24(31)30-25(33)27-17-10-11-20(26)19(13-17)23-28-21-8-3-4-9-22(21)29-23/h3-13,15H,14H2,1-2H3,(H,28,29)(H2,27,30,31,33). The minimum atomic E-state index is -0.325. The highest BCUT2D eigenvalue weighted by Gasteiger charge is 2.13. The van der Waals surface area contributed by atoms with Crippen molar-refractivity contribution in [3.63, 3.8) is 0 Å². The molecule has 4 aromatic rings. The third-order valence-corrected chi connectivity index (χ3v) is 5.31. The van der Waals surface area contributed by atoms with Crippen LogP contribution in [0.5, 0.6) is 5.75 Å². The number of rotatable bonds is 6. The normalized spacial score (nSPS) is 10.9. The lowest BCUT2D eigenvalue weighted by Crippen LogP contribution is -2.34. The zero-order valence-electron chi connectivity index (χ0n) is 18.2. The summed E-state index contributed by atoms with van der Waals surface area (Å²) in [5.74, 6) is 1.36. The molecular formula is C25H23ClN4O2S. The lowest BCUT2D eigenvalue weighted by Gasteiger charge is -2.12. The number of benzene rings is 3. The van der Waals surface area contributed by atoms with E-state index >= 15 is 0 Å². The molecule has 0 aliphatic carbocycles. The van der Waals surface area contributed by atoms with Crippen molar-refractivity contribution in [1.29, 1.82) is 0 Å². The molecule has 0 saturated carbocycles. The Hall–Kier alpha value is -3.42. The molecule has 1 aromatic heterocycles. The summed E-state index contributed by atoms with van der Waals surface area (Å²) in [4.78, 5) is 20.5. The number of nitrogens with zero attached hydrogens (tertiary/aromatic N) is 1. The Kier molecular flexibility index (Phi) is 6.91. The number of amides is 1. The second-order valence-corrected chi connectivity index (χ2v) is 8.75. The maximum atomic E-state index is 12.6. The van der Waals surface area contributed by atoms with Crippen molar-refractivity contribution in [2.24, 2.45) is 5.92 Å². The molecule has 1 amide bonds. The number of thiocarbonyl (C=S) groups is 1. The van der Waals surface area contributed by atoms with Gasteiger partial charge in [-0.25, -0.2) is 4.98 Å². The monoisotopic (exact) mass is 478 g/mol. The Morgan fingerprint density at radius 2 is 1.94 bits per heavy atom. The van der Waals surface area contributed by atoms with Gasteiger partial charge in [0.05, 0.1) is 22.7 Å². The van der Waals surface area contributed by atoms with Crippen molar-refractivity contribution in [1.82, 2.24) is 15.3 Å². The number of hydrogen-bond acceptors (Lipinski definition) is 4. The molecular weight excluding hydrogens is 456 g/mol. The van der Waals surface area contributed by atoms with Crippen LogP contribution in [0.1, 0.15) is 24.2 Å². The summed E-state index contributed by atoms with van der Waals surface area (Å²) in [6.07, 6.45) is 0. The maximum absolute atomic E-state index is 12.6. The lowest BCUT2D eigenvalue weighted by molar-refractivity contribution is 0.0977. The van der Waals surface area contributed by atoms with E-state index in [2.05, 4.69) is 34.4 Å². The number of fused-ring (bicyclic) bond motifs is 1. The third-order valence-electron chi connectivity index (χ3n) is 4.78. The van der Waals surface area contributed by atoms with Crippen molar-refractivity contribution in [2.75, 3.05) is 11.9 Å². The fourth-order valence-corrected chi connectivity index (χ4v) is 3.61. The molecule has 4 rings (SSSR count). The van der Waals surface area contributed by atoms with Gasteiger partial charge in [0.2, 0.25) is 0 Å². The molecule has 0 atom stereocenters. The first-order valence-corrected chi connectivity index (χ1v) is 11.3. The summed E-state index contributed by atoms with van der Waals surface area (Å²) in [6, 6.07) is 20.1. The lowest BCUT2D eigenvalue weighted by atomic mass is 10.2. The molecule has 0 bridgehead atoms. The molecule has 0 aliphatic rings. The van der Waals surface area contributed by atoms with E-state index in [0.29, 0.717) is 40.4 Å². The van der Waals surface area contributed by atoms with Crippen molar-refractivity contribution in [3.8, 4) is 17.1 Å². The Morgan fingerprint density at radius 1 is 1.12 bits per heavy atom. The summed E-state index contributed by atoms with van der Waals surface area (Å²) >= 11 is 11.8. The Balaban J connectivity index is 1.45. The van der Waals surface area contributed by atoms with Crippen molar-refractivity contribution in [3.05, 3.63) is 77.3 Å². The molecule has 168 valence electrons. The van der Waals surface area contributed by atoms with E-state index in [1.807, 2.05) is 36.4 Å². The molecule has 0 fully saturated rings. The fraction of sp³-hybridized carbons (Fsp3) is 0.160. The van der Waals surface area contributed by atoms with Crippen LogP contribution in [0.4, 0.5) is 5.69 Å². The van der Waals surface area contributed by atoms with Gasteiger partial charge in [-0.15, -0.1) is 0 Å². The number of para-hydroxylation sites is 2. The Morgan fingerprint density at radius 3 is 2.73 bits per heavy atom. The molecule has 33 heavy (non-hydrogen) atoms. The van der Waals surface area contributed by atoms with Crippen LogP contribution in [0.2, 0.25) is 5.02 Å². The van der Waals surface area contributed by atoms with E-state index in [1.54, 1.807) is 30.3 Å². The number of H-pyrrole nitrogens is 1. The van der Waals surface area contributed by atoms with Gasteiger partial charge in [-0.2, -0.15) is 0 Å². The summed E-state index contributed by atoms with van der Waals surface area (Å²) in [5, 5.41) is 6.46. The number of hydrogen-bond donors (Lipinski definition) is 3. The molecule has 3 aromatic carbocycles. The molecule has 8 heteroatoms. The predicted octanol–water partition coefficient (Wildman–Crippen LogP) is 6.04. The Bertz CT molecular complexity index is 1290. The summed E-state index contributed by atoms with van der Waals surface area (Å²) < 4.78 is 5.70. The van der Waals surface area contributed by atoms with Gasteiger partial charge in [0.15, 0.2) is 5.11 Å². The van der Waals surface area contributed by atoms with E-state index in [1.165, 1.54) is 0 Å². The van der Waals surface area contributed by atoms with Gasteiger partial charge in [-0.1, -0.05) is 43.6 Å². The van der Waals surface area contributed by atoms with Gasteiger partial charge in [0.25, 0.3) is 5.91 Å². The third kappa shape index (κ3) is 5.69. The zero-order chi connectivity index (χ0) is 23.4. The SMILES string of the molecule is CC(C)COc1cccc(C(=O)NC(=S)Nc2ccc(Cl)c(-c3nc4ccccc4[nH]3)c2)c1. The number of carbonyl (C=O) groups excluding carboxylic acids is 1. The summed E-state index contributed by atoms with van der Waals surface area (Å²) in [5.41, 5.74) is 3.63. The van der Waals surface area contributed by atoms with Crippen LogP contribution in [0.15, 0.2) is 66.7 Å². The number of anilines is 1. The minimum absolute atomic E-state index is 0.173. The highest BCUT2D eigenvalue weighted by Crippen LogP contribution is 2.30. The first-order chi connectivity index (χ1) is 15.9. The number of aromatic amines is 1. The first kappa shape index (κ1) is 22.8. The predicted molar refractivity (Wildman–Crippen MR) is 137 cm³/mol. The zero-order valence-corrected chi connectivity index (χ0v) is 19.8. The highest BCUT2D eigenvalue weighted by molar-refractivity contribution is 7.80. The number of aromatic nitrogens is 2. The van der Waals surface area contributed by atoms with Gasteiger partial charge < -0.3 is 15.0 Å². The average Bonchev–Trinajstić information content (AvgIpc) is 3.23. The molecule has 0 radical (unpaired) electrons. The van der Waals surface area contributed by atoms with E-state index in [9.17, 15) is 4.79 Å². The Labute approximate surface area is 202 Å². The van der Waals surface area contributed by atoms with Crippen LogP contribution < -0.4 is 15.4 Å². The topological polar surface area (TPSA) is 79.0 Å². The quantitative estimate of drug-likeness (QED) is 0.294. The highest BCUT2D eigenvalue weighted by atomic mass is 35.5. The molecule has 6 nitrogen and oxygen atoms in total. The van der Waals surface area contributed by atoms with Crippen molar-refractivity contribution < 1.29 is 9.53 Å². The number of carbonyl (C=O) groups is 1. The maximum Gasteiger partial charge on any atom is 0.257 e. The van der Waals surface area contributed by atoms with Crippen molar-refractivity contribution in [2.45, 2.75) is 13.8 Å². The summed E-state index contributed by atoms with van der Waals surface area (Å²) in [6.45, 7) is 4.71. The van der Waals surface area contributed by atoms with Gasteiger partial charge >= 0.3 is 0 Å². The molecule has 3 N–H and O–H groups in total. The largest absolute Gasteiger partial charge is 0.493 e. The fourth-order valence-electron chi connectivity index (χ4n) is 3.19. The number of imidazole rings is 1. The van der Waals surface area contributed by atoms with Crippen LogP contribution >= 0.6 is 23.8 Å². The van der Waals surface area contributed by atoms with E-state index in [4.69, 9.17) is 28.6 Å². The molecule has 0 saturated heterocycles. The minimum Gasteiger partial charge on any atom is -0.493 e. The number of halogens is 1. The number of ether oxygens (including phenoxy) is 1. The van der Waals surface area contributed by atoms with Crippen LogP contribution in [0, 0.1) is 5.92 Å². The molecule has 0 spiro atoms. The van der Waals surface area contributed by atoms with Gasteiger partial charge in [0, 0.05) is 16.8 Å². The van der Waals surface area contributed by atoms with Crippen molar-refractivity contribution >= 4 is 51.6 Å². The van der Waals surface area contributed by atoms with Gasteiger partial charge in [-0.05, 0) is 66.7 Å². The molecule has 0 aliphatic heterocycles. The smallest absolute Gasteiger partial charge is 0.257 e. The molecule has 0 unspecified atom stereocenters. The van der Waals surface area contributed by atoms with Crippen LogP contribution in [0.3, 0.4) is 0 Å². The van der Waals surface area contributed by atoms with E-state index in [-0.39, 0.29) is 11.0 Å². The molecule has 1 heterocycles. The van der Waals surface area contributed by atoms with E-state index < -0.39 is 0 Å².